The molecule has 1 heterocycles. The lowest BCUT2D eigenvalue weighted by Gasteiger charge is -2.18. The summed E-state index contributed by atoms with van der Waals surface area (Å²) in [6, 6.07) is 10.1. The van der Waals surface area contributed by atoms with Gasteiger partial charge >= 0.3 is 0 Å². The van der Waals surface area contributed by atoms with Crippen molar-refractivity contribution in [3.05, 3.63) is 35.5 Å². The van der Waals surface area contributed by atoms with Crippen LogP contribution >= 0.6 is 11.6 Å². The molecule has 19 heavy (non-hydrogen) atoms. The molecule has 2 aromatic rings. The largest absolute Gasteiger partial charge is 0.368 e. The molecule has 0 saturated heterocycles. The van der Waals surface area contributed by atoms with Crippen LogP contribution in [-0.2, 0) is 0 Å². The third-order valence-corrected chi connectivity index (χ3v) is 3.52. The first-order chi connectivity index (χ1) is 9.24. The van der Waals surface area contributed by atoms with Gasteiger partial charge in [0.15, 0.2) is 0 Å². The summed E-state index contributed by atoms with van der Waals surface area (Å²) in [7, 11) is 0. The fourth-order valence-corrected chi connectivity index (χ4v) is 2.38. The van der Waals surface area contributed by atoms with Crippen LogP contribution in [0, 0.1) is 0 Å². The zero-order valence-electron chi connectivity index (χ0n) is 11.5. The normalized spacial score (nSPS) is 11.2. The number of likely N-dealkylation sites (N-methyl/N-ethyl adjacent to an activating group) is 1. The van der Waals surface area contributed by atoms with E-state index in [0.29, 0.717) is 5.15 Å². The molecule has 0 spiro atoms. The lowest BCUT2D eigenvalue weighted by Crippen LogP contribution is -2.28. The third kappa shape index (κ3) is 3.58. The molecule has 0 bridgehead atoms. The van der Waals surface area contributed by atoms with Gasteiger partial charge in [-0.3, -0.25) is 0 Å². The fourth-order valence-electron chi connectivity index (χ4n) is 2.17. The maximum atomic E-state index is 6.06. The molecule has 4 heteroatoms. The monoisotopic (exact) mass is 277 g/mol. The van der Waals surface area contributed by atoms with Crippen molar-refractivity contribution < 1.29 is 0 Å². The van der Waals surface area contributed by atoms with Gasteiger partial charge in [-0.05, 0) is 24.5 Å². The van der Waals surface area contributed by atoms with Gasteiger partial charge in [0.2, 0.25) is 0 Å². The van der Waals surface area contributed by atoms with Crippen LogP contribution in [0.2, 0.25) is 5.15 Å². The number of benzene rings is 1. The van der Waals surface area contributed by atoms with Crippen LogP contribution in [-0.4, -0.2) is 36.1 Å². The van der Waals surface area contributed by atoms with Crippen molar-refractivity contribution in [3.8, 4) is 0 Å². The highest BCUT2D eigenvalue weighted by atomic mass is 35.5. The highest BCUT2D eigenvalue weighted by Crippen LogP contribution is 2.24. The Morgan fingerprint density at radius 2 is 1.95 bits per heavy atom. The van der Waals surface area contributed by atoms with Crippen molar-refractivity contribution in [2.45, 2.75) is 13.8 Å². The second-order valence-electron chi connectivity index (χ2n) is 4.47. The minimum absolute atomic E-state index is 0.532. The first-order valence-electron chi connectivity index (χ1n) is 6.76. The minimum atomic E-state index is 0.532. The molecule has 0 amide bonds. The summed E-state index contributed by atoms with van der Waals surface area (Å²) in [6.07, 6.45) is 0. The van der Waals surface area contributed by atoms with Gasteiger partial charge in [-0.2, -0.15) is 0 Å². The molecule has 1 N–H and O–H groups in total. The van der Waals surface area contributed by atoms with E-state index in [1.54, 1.807) is 0 Å². The summed E-state index contributed by atoms with van der Waals surface area (Å²) in [5.74, 6) is 0.871. The summed E-state index contributed by atoms with van der Waals surface area (Å²) in [5, 5.41) is 6.16. The van der Waals surface area contributed by atoms with E-state index in [-0.39, 0.29) is 0 Å². The predicted octanol–water partition coefficient (Wildman–Crippen LogP) is 3.64. The van der Waals surface area contributed by atoms with Crippen LogP contribution in [0.25, 0.3) is 10.8 Å². The van der Waals surface area contributed by atoms with Crippen molar-refractivity contribution in [1.29, 1.82) is 0 Å². The average molecular weight is 278 g/mol. The molecule has 0 aliphatic heterocycles. The molecule has 0 saturated carbocycles. The molecule has 0 aliphatic carbocycles. The summed E-state index contributed by atoms with van der Waals surface area (Å²) in [5.41, 5.74) is 0. The van der Waals surface area contributed by atoms with Crippen LogP contribution in [0.1, 0.15) is 13.8 Å². The summed E-state index contributed by atoms with van der Waals surface area (Å²) >= 11 is 6.06. The van der Waals surface area contributed by atoms with Gasteiger partial charge in [0.05, 0.1) is 0 Å². The molecule has 0 aliphatic rings. The number of anilines is 1. The van der Waals surface area contributed by atoms with E-state index in [0.717, 1.165) is 42.8 Å². The number of pyridine rings is 1. The van der Waals surface area contributed by atoms with Gasteiger partial charge in [-0.25, -0.2) is 4.98 Å². The van der Waals surface area contributed by atoms with Gasteiger partial charge < -0.3 is 10.2 Å². The molecular weight excluding hydrogens is 258 g/mol. The lowest BCUT2D eigenvalue weighted by molar-refractivity contribution is 0.316. The van der Waals surface area contributed by atoms with Gasteiger partial charge in [0, 0.05) is 18.5 Å². The van der Waals surface area contributed by atoms with Gasteiger partial charge in [-0.1, -0.05) is 49.7 Å². The van der Waals surface area contributed by atoms with Crippen molar-refractivity contribution in [2.75, 3.05) is 31.5 Å². The van der Waals surface area contributed by atoms with E-state index in [4.69, 9.17) is 11.6 Å². The van der Waals surface area contributed by atoms with E-state index in [1.807, 2.05) is 18.2 Å². The van der Waals surface area contributed by atoms with Crippen LogP contribution in [0.4, 0.5) is 5.82 Å². The Morgan fingerprint density at radius 3 is 2.68 bits per heavy atom. The first-order valence-corrected chi connectivity index (χ1v) is 7.14. The van der Waals surface area contributed by atoms with Crippen LogP contribution in [0.15, 0.2) is 30.3 Å². The molecule has 1 aromatic carbocycles. The third-order valence-electron chi connectivity index (χ3n) is 3.32. The number of rotatable bonds is 6. The van der Waals surface area contributed by atoms with E-state index in [9.17, 15) is 0 Å². The number of hydrogen-bond acceptors (Lipinski definition) is 3. The maximum absolute atomic E-state index is 6.06. The van der Waals surface area contributed by atoms with Crippen molar-refractivity contribution in [1.82, 2.24) is 9.88 Å². The minimum Gasteiger partial charge on any atom is -0.368 e. The zero-order chi connectivity index (χ0) is 13.7. The second kappa shape index (κ2) is 6.73. The van der Waals surface area contributed by atoms with Gasteiger partial charge in [0.1, 0.15) is 11.0 Å². The molecule has 0 fully saturated rings. The van der Waals surface area contributed by atoms with Gasteiger partial charge in [0.25, 0.3) is 0 Å². The summed E-state index contributed by atoms with van der Waals surface area (Å²) in [4.78, 5) is 6.76. The molecule has 0 radical (unpaired) electrons. The lowest BCUT2D eigenvalue weighted by atomic mass is 10.1. The highest BCUT2D eigenvalue weighted by Gasteiger charge is 2.05. The Labute approximate surface area is 119 Å². The maximum Gasteiger partial charge on any atom is 0.135 e. The number of halogens is 1. The Kier molecular flexibility index (Phi) is 5.00. The molecule has 1 aromatic heterocycles. The molecule has 3 nitrogen and oxygen atoms in total. The van der Waals surface area contributed by atoms with E-state index in [1.165, 1.54) is 0 Å². The Hall–Kier alpha value is -1.32. The van der Waals surface area contributed by atoms with Crippen LogP contribution in [0.3, 0.4) is 0 Å². The summed E-state index contributed by atoms with van der Waals surface area (Å²) in [6.45, 7) is 8.38. The standard InChI is InChI=1S/C15H20ClN3/c1-3-19(4-2)10-9-17-15-13-8-6-5-7-12(13)11-14(16)18-15/h5-8,11H,3-4,9-10H2,1-2H3,(H,17,18). The quantitative estimate of drug-likeness (QED) is 0.817. The van der Waals surface area contributed by atoms with E-state index >= 15 is 0 Å². The van der Waals surface area contributed by atoms with E-state index in [2.05, 4.69) is 41.2 Å². The highest BCUT2D eigenvalue weighted by molar-refractivity contribution is 6.30. The topological polar surface area (TPSA) is 28.2 Å². The zero-order valence-corrected chi connectivity index (χ0v) is 12.2. The Balaban J connectivity index is 2.12. The van der Waals surface area contributed by atoms with Crippen LogP contribution in [0.5, 0.6) is 0 Å². The first kappa shape index (κ1) is 14.1. The van der Waals surface area contributed by atoms with Crippen LogP contribution < -0.4 is 5.32 Å². The second-order valence-corrected chi connectivity index (χ2v) is 4.86. The SMILES string of the molecule is CCN(CC)CCNc1nc(Cl)cc2ccccc12. The fraction of sp³-hybridized carbons (Fsp3) is 0.400. The predicted molar refractivity (Wildman–Crippen MR) is 83.0 cm³/mol. The molecule has 102 valence electrons. The molecule has 0 unspecified atom stereocenters. The Bertz CT molecular complexity index is 538. The summed E-state index contributed by atoms with van der Waals surface area (Å²) < 4.78 is 0. The average Bonchev–Trinajstić information content (AvgIpc) is 2.43. The number of hydrogen-bond donors (Lipinski definition) is 1. The molecule has 2 rings (SSSR count). The van der Waals surface area contributed by atoms with Crippen molar-refractivity contribution >= 4 is 28.2 Å². The van der Waals surface area contributed by atoms with Crippen molar-refractivity contribution in [3.63, 3.8) is 0 Å². The number of nitrogens with zero attached hydrogens (tertiary/aromatic N) is 2. The van der Waals surface area contributed by atoms with Gasteiger partial charge in [-0.15, -0.1) is 0 Å². The number of nitrogens with one attached hydrogen (secondary N) is 1. The van der Waals surface area contributed by atoms with Crippen molar-refractivity contribution in [2.24, 2.45) is 0 Å². The van der Waals surface area contributed by atoms with E-state index < -0.39 is 0 Å². The number of aromatic nitrogens is 1. The molecule has 0 atom stereocenters. The Morgan fingerprint density at radius 1 is 1.21 bits per heavy atom. The smallest absolute Gasteiger partial charge is 0.135 e. The number of fused-ring (bicyclic) bond motifs is 1. The molecular formula is C15H20ClN3.